The lowest BCUT2D eigenvalue weighted by molar-refractivity contribution is -0.152. The Morgan fingerprint density at radius 2 is 1.88 bits per heavy atom. The molecular formula is C21H24INO3. The average Bonchev–Trinajstić information content (AvgIpc) is 2.98. The molecule has 26 heavy (non-hydrogen) atoms. The van der Waals surface area contributed by atoms with Gasteiger partial charge in [-0.05, 0) is 65.5 Å². The lowest BCUT2D eigenvalue weighted by Crippen LogP contribution is -2.57. The second-order valence-electron chi connectivity index (χ2n) is 7.13. The topological polar surface area (TPSA) is 55.4 Å². The number of benzene rings is 1. The molecule has 1 amide bonds. The molecule has 1 N–H and O–H groups in total. The first kappa shape index (κ1) is 19.1. The van der Waals surface area contributed by atoms with E-state index in [9.17, 15) is 9.59 Å². The van der Waals surface area contributed by atoms with Crippen LogP contribution in [0.15, 0.2) is 45.1 Å². The van der Waals surface area contributed by atoms with Crippen LogP contribution in [0.1, 0.15) is 38.3 Å². The standard InChI is InChI=1S/C21H24INO3/c1-4-26-20(25)21(11-15-7-5-6-8-16(15)12-21)23-19(24)17-13(2)9-10-14(3)18(17)22/h5-8,10,13H,4,9,11-12H2,1-3H3,(H,23,24). The predicted molar refractivity (Wildman–Crippen MR) is 110 cm³/mol. The van der Waals surface area contributed by atoms with E-state index in [4.69, 9.17) is 4.74 Å². The molecule has 3 rings (SSSR count). The van der Waals surface area contributed by atoms with E-state index >= 15 is 0 Å². The Bertz CT molecular complexity index is 784. The summed E-state index contributed by atoms with van der Waals surface area (Å²) in [5.41, 5.74) is 3.06. The van der Waals surface area contributed by atoms with E-state index in [1.54, 1.807) is 6.92 Å². The van der Waals surface area contributed by atoms with E-state index in [-0.39, 0.29) is 17.8 Å². The van der Waals surface area contributed by atoms with Crippen LogP contribution in [-0.4, -0.2) is 24.0 Å². The Labute approximate surface area is 168 Å². The maximum atomic E-state index is 13.2. The van der Waals surface area contributed by atoms with Gasteiger partial charge in [-0.1, -0.05) is 37.3 Å². The van der Waals surface area contributed by atoms with Crippen LogP contribution >= 0.6 is 22.6 Å². The number of carbonyl (C=O) groups excluding carboxylic acids is 2. The highest BCUT2D eigenvalue weighted by atomic mass is 127. The third-order valence-electron chi connectivity index (χ3n) is 5.22. The minimum absolute atomic E-state index is 0.133. The number of fused-ring (bicyclic) bond motifs is 1. The van der Waals surface area contributed by atoms with E-state index in [1.165, 1.54) is 0 Å². The summed E-state index contributed by atoms with van der Waals surface area (Å²) in [6.45, 7) is 6.16. The van der Waals surface area contributed by atoms with Crippen LogP contribution in [0.5, 0.6) is 0 Å². The van der Waals surface area contributed by atoms with Crippen LogP contribution in [-0.2, 0) is 27.2 Å². The SMILES string of the molecule is CCOC(=O)C1(NC(=O)C2=C(I)C(C)=CCC2C)Cc2ccccc2C1. The van der Waals surface area contributed by atoms with Crippen LogP contribution in [0.25, 0.3) is 0 Å². The number of amides is 1. The first-order chi connectivity index (χ1) is 12.4. The van der Waals surface area contributed by atoms with Crippen LogP contribution in [0.4, 0.5) is 0 Å². The van der Waals surface area contributed by atoms with Crippen molar-refractivity contribution >= 4 is 34.5 Å². The number of esters is 1. The van der Waals surface area contributed by atoms with Gasteiger partial charge in [0.15, 0.2) is 0 Å². The molecule has 2 aliphatic carbocycles. The number of ether oxygens (including phenoxy) is 1. The van der Waals surface area contributed by atoms with Crippen LogP contribution in [0.3, 0.4) is 0 Å². The zero-order valence-electron chi connectivity index (χ0n) is 15.4. The van der Waals surface area contributed by atoms with E-state index < -0.39 is 5.54 Å². The van der Waals surface area contributed by atoms with Crippen molar-refractivity contribution in [2.24, 2.45) is 5.92 Å². The molecule has 138 valence electrons. The molecule has 1 aromatic carbocycles. The number of hydrogen-bond donors (Lipinski definition) is 1. The fraction of sp³-hybridized carbons (Fsp3) is 0.429. The van der Waals surface area contributed by atoms with E-state index in [0.29, 0.717) is 19.4 Å². The Morgan fingerprint density at radius 3 is 2.46 bits per heavy atom. The molecular weight excluding hydrogens is 441 g/mol. The Hall–Kier alpha value is -1.63. The second kappa shape index (κ2) is 7.55. The number of allylic oxidation sites excluding steroid dienone is 3. The Morgan fingerprint density at radius 1 is 1.27 bits per heavy atom. The summed E-state index contributed by atoms with van der Waals surface area (Å²) in [5, 5.41) is 3.07. The van der Waals surface area contributed by atoms with Gasteiger partial charge in [-0.25, -0.2) is 4.79 Å². The molecule has 1 unspecified atom stereocenters. The summed E-state index contributed by atoms with van der Waals surface area (Å²) in [7, 11) is 0. The molecule has 0 bridgehead atoms. The lowest BCUT2D eigenvalue weighted by Gasteiger charge is -2.30. The molecule has 0 fully saturated rings. The van der Waals surface area contributed by atoms with E-state index in [1.807, 2.05) is 31.2 Å². The number of hydrogen-bond acceptors (Lipinski definition) is 3. The molecule has 0 aromatic heterocycles. The van der Waals surface area contributed by atoms with Gasteiger partial charge in [-0.2, -0.15) is 0 Å². The Balaban J connectivity index is 1.93. The number of nitrogens with one attached hydrogen (secondary N) is 1. The normalized spacial score (nSPS) is 21.1. The molecule has 0 spiro atoms. The first-order valence-corrected chi connectivity index (χ1v) is 10.1. The third kappa shape index (κ3) is 3.46. The monoisotopic (exact) mass is 465 g/mol. The minimum Gasteiger partial charge on any atom is -0.464 e. The summed E-state index contributed by atoms with van der Waals surface area (Å²) in [4.78, 5) is 26.0. The molecule has 0 radical (unpaired) electrons. The number of rotatable bonds is 4. The second-order valence-corrected chi connectivity index (χ2v) is 8.21. The highest BCUT2D eigenvalue weighted by molar-refractivity contribution is 14.1. The van der Waals surface area contributed by atoms with Crippen molar-refractivity contribution in [2.75, 3.05) is 6.61 Å². The average molecular weight is 465 g/mol. The molecule has 1 aromatic rings. The molecule has 1 atom stereocenters. The minimum atomic E-state index is -1.02. The maximum Gasteiger partial charge on any atom is 0.332 e. The molecule has 5 heteroatoms. The largest absolute Gasteiger partial charge is 0.464 e. The van der Waals surface area contributed by atoms with Crippen molar-refractivity contribution in [2.45, 2.75) is 45.6 Å². The van der Waals surface area contributed by atoms with Crippen molar-refractivity contribution in [1.29, 1.82) is 0 Å². The zero-order valence-corrected chi connectivity index (χ0v) is 17.6. The molecule has 0 heterocycles. The summed E-state index contributed by atoms with van der Waals surface area (Å²) < 4.78 is 6.32. The van der Waals surface area contributed by atoms with Crippen molar-refractivity contribution in [3.05, 3.63) is 56.2 Å². The van der Waals surface area contributed by atoms with Crippen molar-refractivity contribution in [1.82, 2.24) is 5.32 Å². The quantitative estimate of drug-likeness (QED) is 0.543. The molecule has 0 aliphatic heterocycles. The summed E-state index contributed by atoms with van der Waals surface area (Å²) in [6, 6.07) is 7.96. The number of halogens is 1. The summed E-state index contributed by atoms with van der Waals surface area (Å²) in [5.74, 6) is -0.375. The van der Waals surface area contributed by atoms with Crippen LogP contribution in [0.2, 0.25) is 0 Å². The maximum absolute atomic E-state index is 13.2. The van der Waals surface area contributed by atoms with E-state index in [0.717, 1.165) is 32.3 Å². The van der Waals surface area contributed by atoms with Gasteiger partial charge in [-0.15, -0.1) is 0 Å². The fourth-order valence-electron chi connectivity index (χ4n) is 3.77. The van der Waals surface area contributed by atoms with Crippen LogP contribution < -0.4 is 5.32 Å². The highest BCUT2D eigenvalue weighted by Gasteiger charge is 2.47. The predicted octanol–water partition coefficient (Wildman–Crippen LogP) is 3.88. The van der Waals surface area contributed by atoms with Gasteiger partial charge in [0.25, 0.3) is 0 Å². The Kier molecular flexibility index (Phi) is 5.55. The molecule has 0 saturated carbocycles. The summed E-state index contributed by atoms with van der Waals surface area (Å²) in [6.07, 6.45) is 3.95. The highest BCUT2D eigenvalue weighted by Crippen LogP contribution is 2.36. The van der Waals surface area contributed by atoms with Gasteiger partial charge in [0.1, 0.15) is 5.54 Å². The molecule has 4 nitrogen and oxygen atoms in total. The lowest BCUT2D eigenvalue weighted by atomic mass is 9.88. The van der Waals surface area contributed by atoms with Crippen molar-refractivity contribution in [3.63, 3.8) is 0 Å². The summed E-state index contributed by atoms with van der Waals surface area (Å²) >= 11 is 2.24. The first-order valence-electron chi connectivity index (χ1n) is 9.01. The van der Waals surface area contributed by atoms with Crippen LogP contribution in [0, 0.1) is 5.92 Å². The molecule has 0 saturated heterocycles. The number of carbonyl (C=O) groups is 2. The fourth-order valence-corrected chi connectivity index (χ4v) is 4.76. The smallest absolute Gasteiger partial charge is 0.332 e. The van der Waals surface area contributed by atoms with Gasteiger partial charge in [-0.3, -0.25) is 4.79 Å². The molecule has 2 aliphatic rings. The van der Waals surface area contributed by atoms with Gasteiger partial charge in [0.2, 0.25) is 5.91 Å². The zero-order chi connectivity index (χ0) is 18.9. The van der Waals surface area contributed by atoms with Gasteiger partial charge < -0.3 is 10.1 Å². The van der Waals surface area contributed by atoms with Gasteiger partial charge >= 0.3 is 5.97 Å². The van der Waals surface area contributed by atoms with Crippen molar-refractivity contribution in [3.8, 4) is 0 Å². The van der Waals surface area contributed by atoms with Gasteiger partial charge in [0, 0.05) is 22.0 Å². The van der Waals surface area contributed by atoms with Crippen molar-refractivity contribution < 1.29 is 14.3 Å². The van der Waals surface area contributed by atoms with E-state index in [2.05, 4.69) is 40.9 Å². The third-order valence-corrected chi connectivity index (χ3v) is 6.65. The van der Waals surface area contributed by atoms with Gasteiger partial charge in [0.05, 0.1) is 6.61 Å².